The van der Waals surface area contributed by atoms with Crippen molar-refractivity contribution < 1.29 is 9.84 Å². The van der Waals surface area contributed by atoms with Crippen LogP contribution >= 0.6 is 0 Å². The number of nitrogens with zero attached hydrogens (tertiary/aromatic N) is 3. The molecule has 0 unspecified atom stereocenters. The second-order valence-electron chi connectivity index (χ2n) is 7.36. The molecule has 4 rings (SSSR count). The Morgan fingerprint density at radius 2 is 1.43 bits per heavy atom. The first-order valence-electron chi connectivity index (χ1n) is 10.2. The highest BCUT2D eigenvalue weighted by molar-refractivity contribution is 5.84. The topological polar surface area (TPSA) is 48.3 Å². The average Bonchev–Trinajstić information content (AvgIpc) is 2.81. The van der Waals surface area contributed by atoms with Crippen molar-refractivity contribution in [1.29, 1.82) is 0 Å². The molecule has 5 nitrogen and oxygen atoms in total. The molecule has 5 heteroatoms. The summed E-state index contributed by atoms with van der Waals surface area (Å²) in [5.41, 5.74) is 3.27. The van der Waals surface area contributed by atoms with Crippen LogP contribution in [-0.4, -0.2) is 54.5 Å². The molecule has 0 aromatic heterocycles. The minimum Gasteiger partial charge on any atom is -0.504 e. The minimum absolute atomic E-state index is 0.121. The highest BCUT2D eigenvalue weighted by Gasteiger charge is 2.25. The van der Waals surface area contributed by atoms with Gasteiger partial charge in [0.05, 0.1) is 19.4 Å². The number of para-hydroxylation sites is 1. The van der Waals surface area contributed by atoms with Crippen LogP contribution in [0.4, 0.5) is 0 Å². The highest BCUT2D eigenvalue weighted by atomic mass is 16.5. The SMILES string of the molecule is COc1cccc(/C=N\N2CCN(C(c3ccccc3)c3ccccc3)CC2)c1O. The lowest BCUT2D eigenvalue weighted by molar-refractivity contribution is 0.113. The Labute approximate surface area is 177 Å². The van der Waals surface area contributed by atoms with E-state index in [1.807, 2.05) is 12.1 Å². The maximum Gasteiger partial charge on any atom is 0.166 e. The first-order chi connectivity index (χ1) is 14.8. The lowest BCUT2D eigenvalue weighted by Crippen LogP contribution is -2.45. The van der Waals surface area contributed by atoms with Crippen LogP contribution in [0, 0.1) is 0 Å². The predicted octanol–water partition coefficient (Wildman–Crippen LogP) is 4.14. The number of aromatic hydroxyl groups is 1. The Hall–Kier alpha value is -3.31. The number of methoxy groups -OCH3 is 1. The van der Waals surface area contributed by atoms with Gasteiger partial charge in [-0.3, -0.25) is 9.91 Å². The molecule has 3 aromatic rings. The van der Waals surface area contributed by atoms with Crippen LogP contribution in [0.3, 0.4) is 0 Å². The highest BCUT2D eigenvalue weighted by Crippen LogP contribution is 2.30. The summed E-state index contributed by atoms with van der Waals surface area (Å²) < 4.78 is 5.17. The molecular formula is C25H27N3O2. The van der Waals surface area contributed by atoms with Gasteiger partial charge in [0.25, 0.3) is 0 Å². The molecule has 1 N–H and O–H groups in total. The summed E-state index contributed by atoms with van der Waals surface area (Å²) in [4.78, 5) is 2.51. The molecule has 1 aliphatic heterocycles. The summed E-state index contributed by atoms with van der Waals surface area (Å²) in [7, 11) is 1.55. The lowest BCUT2D eigenvalue weighted by Gasteiger charge is -2.38. The molecule has 0 bridgehead atoms. The van der Waals surface area contributed by atoms with Crippen LogP contribution < -0.4 is 4.74 Å². The first kappa shape index (κ1) is 20.0. The Morgan fingerprint density at radius 3 is 2.00 bits per heavy atom. The van der Waals surface area contributed by atoms with E-state index in [2.05, 4.69) is 75.7 Å². The lowest BCUT2D eigenvalue weighted by atomic mass is 9.96. The third kappa shape index (κ3) is 4.47. The molecule has 0 amide bonds. The molecule has 3 aromatic carbocycles. The molecular weight excluding hydrogens is 374 g/mol. The summed E-state index contributed by atoms with van der Waals surface area (Å²) in [6.45, 7) is 3.49. The van der Waals surface area contributed by atoms with Gasteiger partial charge in [0.15, 0.2) is 11.5 Å². The van der Waals surface area contributed by atoms with Crippen LogP contribution in [0.25, 0.3) is 0 Å². The van der Waals surface area contributed by atoms with Gasteiger partial charge in [0, 0.05) is 31.7 Å². The molecule has 0 atom stereocenters. The second kappa shape index (κ2) is 9.46. The number of hydrazone groups is 1. The van der Waals surface area contributed by atoms with E-state index in [4.69, 9.17) is 4.74 Å². The maximum absolute atomic E-state index is 10.2. The van der Waals surface area contributed by atoms with Gasteiger partial charge in [0.1, 0.15) is 0 Å². The Morgan fingerprint density at radius 1 is 0.833 bits per heavy atom. The van der Waals surface area contributed by atoms with Crippen LogP contribution in [-0.2, 0) is 0 Å². The Kier molecular flexibility index (Phi) is 6.30. The number of piperazine rings is 1. The van der Waals surface area contributed by atoms with E-state index in [0.717, 1.165) is 26.2 Å². The largest absolute Gasteiger partial charge is 0.504 e. The zero-order valence-electron chi connectivity index (χ0n) is 17.2. The summed E-state index contributed by atoms with van der Waals surface area (Å²) in [5, 5.41) is 16.9. The van der Waals surface area contributed by atoms with Crippen molar-refractivity contribution in [1.82, 2.24) is 9.91 Å². The van der Waals surface area contributed by atoms with Gasteiger partial charge in [0.2, 0.25) is 0 Å². The number of hydrogen-bond acceptors (Lipinski definition) is 5. The Bertz CT molecular complexity index is 929. The van der Waals surface area contributed by atoms with Crippen molar-refractivity contribution in [3.05, 3.63) is 95.6 Å². The number of phenolic OH excluding ortho intramolecular Hbond substituents is 1. The van der Waals surface area contributed by atoms with Crippen LogP contribution in [0.15, 0.2) is 84.0 Å². The summed E-state index contributed by atoms with van der Waals surface area (Å²) in [5.74, 6) is 0.577. The van der Waals surface area contributed by atoms with E-state index in [9.17, 15) is 5.11 Å². The summed E-state index contributed by atoms with van der Waals surface area (Å²) in [6.07, 6.45) is 1.71. The van der Waals surface area contributed by atoms with Gasteiger partial charge < -0.3 is 9.84 Å². The van der Waals surface area contributed by atoms with Gasteiger partial charge in [-0.25, -0.2) is 0 Å². The fourth-order valence-corrected chi connectivity index (χ4v) is 3.92. The monoisotopic (exact) mass is 401 g/mol. The number of benzene rings is 3. The molecule has 0 saturated carbocycles. The van der Waals surface area contributed by atoms with E-state index in [1.165, 1.54) is 11.1 Å². The van der Waals surface area contributed by atoms with E-state index in [0.29, 0.717) is 11.3 Å². The molecule has 30 heavy (non-hydrogen) atoms. The van der Waals surface area contributed by atoms with E-state index in [-0.39, 0.29) is 11.8 Å². The maximum atomic E-state index is 10.2. The zero-order chi connectivity index (χ0) is 20.8. The van der Waals surface area contributed by atoms with E-state index < -0.39 is 0 Å². The number of hydrogen-bond donors (Lipinski definition) is 1. The molecule has 1 saturated heterocycles. The van der Waals surface area contributed by atoms with Crippen molar-refractivity contribution in [3.8, 4) is 11.5 Å². The van der Waals surface area contributed by atoms with Crippen molar-refractivity contribution in [3.63, 3.8) is 0 Å². The van der Waals surface area contributed by atoms with Crippen molar-refractivity contribution in [2.24, 2.45) is 5.10 Å². The molecule has 0 aliphatic carbocycles. The fraction of sp³-hybridized carbons (Fsp3) is 0.240. The summed E-state index contributed by atoms with van der Waals surface area (Å²) >= 11 is 0. The van der Waals surface area contributed by atoms with Crippen molar-refractivity contribution in [2.75, 3.05) is 33.3 Å². The van der Waals surface area contributed by atoms with Gasteiger partial charge in [-0.1, -0.05) is 66.7 Å². The fourth-order valence-electron chi connectivity index (χ4n) is 3.92. The van der Waals surface area contributed by atoms with E-state index >= 15 is 0 Å². The quantitative estimate of drug-likeness (QED) is 0.631. The molecule has 154 valence electrons. The van der Waals surface area contributed by atoms with Crippen LogP contribution in [0.1, 0.15) is 22.7 Å². The Balaban J connectivity index is 1.46. The zero-order valence-corrected chi connectivity index (χ0v) is 17.2. The molecule has 1 fully saturated rings. The molecule has 0 radical (unpaired) electrons. The predicted molar refractivity (Wildman–Crippen MR) is 120 cm³/mol. The van der Waals surface area contributed by atoms with Crippen molar-refractivity contribution >= 4 is 6.21 Å². The number of rotatable bonds is 6. The minimum atomic E-state index is 0.121. The number of phenols is 1. The first-order valence-corrected chi connectivity index (χ1v) is 10.2. The molecule has 1 heterocycles. The standard InChI is InChI=1S/C25H27N3O2/c1-30-23-14-8-13-22(25(23)29)19-26-28-17-15-27(16-18-28)24(20-9-4-2-5-10-20)21-11-6-3-7-12-21/h2-14,19,24,29H,15-18H2,1H3/b26-19-. The third-order valence-electron chi connectivity index (χ3n) is 5.50. The van der Waals surface area contributed by atoms with E-state index in [1.54, 1.807) is 19.4 Å². The van der Waals surface area contributed by atoms with Crippen LogP contribution in [0.5, 0.6) is 11.5 Å². The number of ether oxygens (including phenoxy) is 1. The molecule has 1 aliphatic rings. The van der Waals surface area contributed by atoms with Gasteiger partial charge >= 0.3 is 0 Å². The summed E-state index contributed by atoms with van der Waals surface area (Å²) in [6, 6.07) is 27.0. The molecule has 0 spiro atoms. The average molecular weight is 402 g/mol. The van der Waals surface area contributed by atoms with Crippen molar-refractivity contribution in [2.45, 2.75) is 6.04 Å². The third-order valence-corrected chi connectivity index (χ3v) is 5.50. The normalized spacial score (nSPS) is 15.1. The smallest absolute Gasteiger partial charge is 0.166 e. The van der Waals surface area contributed by atoms with Gasteiger partial charge in [-0.15, -0.1) is 0 Å². The van der Waals surface area contributed by atoms with Gasteiger partial charge in [-0.05, 0) is 23.3 Å². The van der Waals surface area contributed by atoms with Crippen LogP contribution in [0.2, 0.25) is 0 Å². The van der Waals surface area contributed by atoms with Gasteiger partial charge in [-0.2, -0.15) is 5.10 Å². The second-order valence-corrected chi connectivity index (χ2v) is 7.36.